The third-order valence-corrected chi connectivity index (χ3v) is 3.11. The lowest BCUT2D eigenvalue weighted by atomic mass is 9.93. The Balaban J connectivity index is 3.57. The lowest BCUT2D eigenvalue weighted by molar-refractivity contribution is -0.126. The summed E-state index contributed by atoms with van der Waals surface area (Å²) in [5.41, 5.74) is 5.27. The summed E-state index contributed by atoms with van der Waals surface area (Å²) in [7, 11) is 0. The summed E-state index contributed by atoms with van der Waals surface area (Å²) in [5.74, 6) is -0.0453. The van der Waals surface area contributed by atoms with Gasteiger partial charge in [0.15, 0.2) is 0 Å². The summed E-state index contributed by atoms with van der Waals surface area (Å²) < 4.78 is 5.41. The van der Waals surface area contributed by atoms with Crippen LogP contribution in [0.5, 0.6) is 0 Å². The van der Waals surface area contributed by atoms with E-state index >= 15 is 0 Å². The van der Waals surface area contributed by atoms with Gasteiger partial charge in [0.05, 0.1) is 5.54 Å². The van der Waals surface area contributed by atoms with Crippen molar-refractivity contribution in [2.75, 3.05) is 19.8 Å². The molecular weight excluding hydrogens is 216 g/mol. The monoisotopic (exact) mass is 244 g/mol. The summed E-state index contributed by atoms with van der Waals surface area (Å²) in [5, 5.41) is 2.87. The molecule has 0 unspecified atom stereocenters. The zero-order valence-electron chi connectivity index (χ0n) is 11.6. The van der Waals surface area contributed by atoms with Crippen molar-refractivity contribution in [1.29, 1.82) is 0 Å². The minimum atomic E-state index is -0.705. The molecule has 0 aromatic carbocycles. The van der Waals surface area contributed by atoms with Gasteiger partial charge in [0.1, 0.15) is 0 Å². The number of amides is 1. The van der Waals surface area contributed by atoms with Crippen LogP contribution in [0.25, 0.3) is 0 Å². The van der Waals surface area contributed by atoms with E-state index in [-0.39, 0.29) is 5.91 Å². The maximum absolute atomic E-state index is 11.8. The van der Waals surface area contributed by atoms with Gasteiger partial charge < -0.3 is 15.8 Å². The Labute approximate surface area is 105 Å². The molecule has 4 heteroatoms. The Hall–Kier alpha value is -0.610. The molecule has 1 amide bonds. The molecular formula is C13H28N2O2. The predicted octanol–water partition coefficient (Wildman–Crippen LogP) is 1.83. The van der Waals surface area contributed by atoms with Gasteiger partial charge in [-0.05, 0) is 25.7 Å². The van der Waals surface area contributed by atoms with Crippen molar-refractivity contribution in [2.45, 2.75) is 58.4 Å². The number of hydrogen-bond donors (Lipinski definition) is 2. The van der Waals surface area contributed by atoms with E-state index in [9.17, 15) is 4.79 Å². The smallest absolute Gasteiger partial charge is 0.240 e. The number of nitrogens with one attached hydrogen (secondary N) is 1. The molecule has 0 aliphatic rings. The second-order valence-electron chi connectivity index (χ2n) is 4.44. The number of rotatable bonds is 10. The van der Waals surface area contributed by atoms with Crippen molar-refractivity contribution in [3.8, 4) is 0 Å². The third kappa shape index (κ3) is 6.64. The fourth-order valence-corrected chi connectivity index (χ4v) is 1.47. The maximum Gasteiger partial charge on any atom is 0.240 e. The minimum absolute atomic E-state index is 0.0453. The SMILES string of the molecule is CCCCOCCCNC(=O)C(N)(CC)CC. The van der Waals surface area contributed by atoms with E-state index in [1.54, 1.807) is 0 Å². The van der Waals surface area contributed by atoms with Crippen LogP contribution in [0.15, 0.2) is 0 Å². The third-order valence-electron chi connectivity index (χ3n) is 3.11. The van der Waals surface area contributed by atoms with Crippen LogP contribution in [0.1, 0.15) is 52.9 Å². The number of ether oxygens (including phenoxy) is 1. The van der Waals surface area contributed by atoms with Gasteiger partial charge in [0.2, 0.25) is 5.91 Å². The first-order chi connectivity index (χ1) is 8.10. The lowest BCUT2D eigenvalue weighted by Gasteiger charge is -2.25. The molecule has 17 heavy (non-hydrogen) atoms. The molecule has 0 aliphatic heterocycles. The topological polar surface area (TPSA) is 64.3 Å². The zero-order valence-corrected chi connectivity index (χ0v) is 11.6. The Kier molecular flexibility index (Phi) is 9.09. The Bertz CT molecular complexity index is 204. The molecule has 0 heterocycles. The number of carbonyl (C=O) groups is 1. The first kappa shape index (κ1) is 16.4. The number of unbranched alkanes of at least 4 members (excludes halogenated alkanes) is 1. The molecule has 0 aliphatic carbocycles. The highest BCUT2D eigenvalue weighted by Crippen LogP contribution is 2.10. The average Bonchev–Trinajstić information content (AvgIpc) is 2.36. The zero-order chi connectivity index (χ0) is 13.1. The standard InChI is InChI=1S/C13H28N2O2/c1-4-7-10-17-11-8-9-15-12(16)13(14,5-2)6-3/h4-11,14H2,1-3H3,(H,15,16). The van der Waals surface area contributed by atoms with Crippen molar-refractivity contribution < 1.29 is 9.53 Å². The van der Waals surface area contributed by atoms with Crippen LogP contribution in [0, 0.1) is 0 Å². The normalized spacial score (nSPS) is 11.5. The van der Waals surface area contributed by atoms with E-state index in [2.05, 4.69) is 12.2 Å². The van der Waals surface area contributed by atoms with Crippen molar-refractivity contribution >= 4 is 5.91 Å². The van der Waals surface area contributed by atoms with Gasteiger partial charge in [-0.25, -0.2) is 0 Å². The minimum Gasteiger partial charge on any atom is -0.381 e. The summed E-state index contributed by atoms with van der Waals surface area (Å²) in [6.07, 6.45) is 4.44. The van der Waals surface area contributed by atoms with Crippen molar-refractivity contribution in [2.24, 2.45) is 5.73 Å². The molecule has 0 fully saturated rings. The number of carbonyl (C=O) groups excluding carboxylic acids is 1. The van der Waals surface area contributed by atoms with E-state index < -0.39 is 5.54 Å². The molecule has 3 N–H and O–H groups in total. The molecule has 4 nitrogen and oxygen atoms in total. The number of nitrogens with two attached hydrogens (primary N) is 1. The molecule has 0 spiro atoms. The summed E-state index contributed by atoms with van der Waals surface area (Å²) >= 11 is 0. The second kappa shape index (κ2) is 9.42. The lowest BCUT2D eigenvalue weighted by Crippen LogP contribution is -2.53. The van der Waals surface area contributed by atoms with Gasteiger partial charge in [-0.15, -0.1) is 0 Å². The molecule has 0 aromatic rings. The predicted molar refractivity (Wildman–Crippen MR) is 70.9 cm³/mol. The molecule has 0 aromatic heterocycles. The van der Waals surface area contributed by atoms with Gasteiger partial charge >= 0.3 is 0 Å². The van der Waals surface area contributed by atoms with Gasteiger partial charge in [-0.2, -0.15) is 0 Å². The molecule has 0 saturated carbocycles. The average molecular weight is 244 g/mol. The van der Waals surface area contributed by atoms with E-state index in [0.29, 0.717) is 26.0 Å². The molecule has 0 bridgehead atoms. The number of hydrogen-bond acceptors (Lipinski definition) is 3. The van der Waals surface area contributed by atoms with Crippen LogP contribution >= 0.6 is 0 Å². The first-order valence-electron chi connectivity index (χ1n) is 6.75. The Morgan fingerprint density at radius 2 is 1.76 bits per heavy atom. The molecule has 102 valence electrons. The quantitative estimate of drug-likeness (QED) is 0.576. The summed E-state index contributed by atoms with van der Waals surface area (Å²) in [6.45, 7) is 8.18. The van der Waals surface area contributed by atoms with E-state index in [1.165, 1.54) is 0 Å². The Morgan fingerprint density at radius 3 is 2.29 bits per heavy atom. The van der Waals surface area contributed by atoms with Crippen LogP contribution < -0.4 is 11.1 Å². The highest BCUT2D eigenvalue weighted by atomic mass is 16.5. The van der Waals surface area contributed by atoms with E-state index in [1.807, 2.05) is 13.8 Å². The molecule has 0 rings (SSSR count). The highest BCUT2D eigenvalue weighted by Gasteiger charge is 2.29. The van der Waals surface area contributed by atoms with Gasteiger partial charge in [0, 0.05) is 19.8 Å². The van der Waals surface area contributed by atoms with Crippen LogP contribution in [0.2, 0.25) is 0 Å². The first-order valence-corrected chi connectivity index (χ1v) is 6.75. The fraction of sp³-hybridized carbons (Fsp3) is 0.923. The summed E-state index contributed by atoms with van der Waals surface area (Å²) in [4.78, 5) is 11.8. The van der Waals surface area contributed by atoms with Crippen LogP contribution in [0.3, 0.4) is 0 Å². The highest BCUT2D eigenvalue weighted by molar-refractivity contribution is 5.85. The van der Waals surface area contributed by atoms with Gasteiger partial charge in [-0.3, -0.25) is 4.79 Å². The van der Waals surface area contributed by atoms with Crippen LogP contribution in [-0.2, 0) is 9.53 Å². The molecule has 0 radical (unpaired) electrons. The summed E-state index contributed by atoms with van der Waals surface area (Å²) in [6, 6.07) is 0. The van der Waals surface area contributed by atoms with Crippen molar-refractivity contribution in [3.63, 3.8) is 0 Å². The maximum atomic E-state index is 11.8. The van der Waals surface area contributed by atoms with Gasteiger partial charge in [0.25, 0.3) is 0 Å². The second-order valence-corrected chi connectivity index (χ2v) is 4.44. The fourth-order valence-electron chi connectivity index (χ4n) is 1.47. The van der Waals surface area contributed by atoms with Crippen LogP contribution in [-0.4, -0.2) is 31.2 Å². The van der Waals surface area contributed by atoms with Crippen molar-refractivity contribution in [1.82, 2.24) is 5.32 Å². The van der Waals surface area contributed by atoms with Gasteiger partial charge in [-0.1, -0.05) is 27.2 Å². The largest absolute Gasteiger partial charge is 0.381 e. The van der Waals surface area contributed by atoms with E-state index in [0.717, 1.165) is 25.9 Å². The molecule has 0 atom stereocenters. The van der Waals surface area contributed by atoms with E-state index in [4.69, 9.17) is 10.5 Å². The van der Waals surface area contributed by atoms with Crippen LogP contribution in [0.4, 0.5) is 0 Å². The molecule has 0 saturated heterocycles. The Morgan fingerprint density at radius 1 is 1.18 bits per heavy atom. The van der Waals surface area contributed by atoms with Crippen molar-refractivity contribution in [3.05, 3.63) is 0 Å².